The minimum atomic E-state index is -1.37. The molecule has 0 saturated carbocycles. The Kier molecular flexibility index (Phi) is 2.11. The van der Waals surface area contributed by atoms with Crippen molar-refractivity contribution >= 4 is 0 Å². The fraction of sp³-hybridized carbons (Fsp3) is 1.00. The summed E-state index contributed by atoms with van der Waals surface area (Å²) >= 11 is 0. The van der Waals surface area contributed by atoms with Crippen molar-refractivity contribution in [2.75, 3.05) is 13.2 Å². The van der Waals surface area contributed by atoms with Crippen LogP contribution in [0, 0.1) is 0 Å². The van der Waals surface area contributed by atoms with Crippen molar-refractivity contribution in [3.05, 3.63) is 0 Å². The highest BCUT2D eigenvalue weighted by molar-refractivity contribution is 5.07. The standard InChI is InChI=1S/C8H14O6/c1-7-5(11)4(10)6(12)8(2-9,14-7)3-13-7/h4-6,9-12H,2-3H2,1H3/t4-,5-,6+,7-,8-/m1/s1. The second-order valence-corrected chi connectivity index (χ2v) is 4.01. The van der Waals surface area contributed by atoms with Crippen LogP contribution in [0.2, 0.25) is 0 Å². The summed E-state index contributed by atoms with van der Waals surface area (Å²) in [5, 5.41) is 37.8. The average molecular weight is 206 g/mol. The van der Waals surface area contributed by atoms with Crippen LogP contribution < -0.4 is 0 Å². The SMILES string of the molecule is C[C@@]12OC[C@@](CO)(O1)[C@@H](O)[C@H](O)[C@H]2O. The van der Waals surface area contributed by atoms with E-state index in [1.165, 1.54) is 6.92 Å². The number of ether oxygens (including phenoxy) is 2. The Morgan fingerprint density at radius 3 is 2.50 bits per heavy atom. The lowest BCUT2D eigenvalue weighted by Crippen LogP contribution is -2.65. The minimum absolute atomic E-state index is 0.0463. The van der Waals surface area contributed by atoms with Crippen LogP contribution in [-0.2, 0) is 9.47 Å². The molecule has 82 valence electrons. The maximum Gasteiger partial charge on any atom is 0.195 e. The molecule has 0 aromatic carbocycles. The van der Waals surface area contributed by atoms with Gasteiger partial charge in [-0.15, -0.1) is 0 Å². The molecular weight excluding hydrogens is 192 g/mol. The number of aliphatic hydroxyl groups excluding tert-OH is 4. The fourth-order valence-corrected chi connectivity index (χ4v) is 1.98. The first kappa shape index (κ1) is 10.3. The molecule has 0 unspecified atom stereocenters. The quantitative estimate of drug-likeness (QED) is 0.381. The molecule has 0 amide bonds. The molecule has 0 spiro atoms. The summed E-state index contributed by atoms with van der Waals surface area (Å²) in [7, 11) is 0. The molecule has 2 rings (SSSR count). The third-order valence-corrected chi connectivity index (χ3v) is 3.00. The monoisotopic (exact) mass is 206 g/mol. The largest absolute Gasteiger partial charge is 0.393 e. The normalized spacial score (nSPS) is 57.6. The van der Waals surface area contributed by atoms with Gasteiger partial charge in [-0.2, -0.15) is 0 Å². The van der Waals surface area contributed by atoms with Crippen molar-refractivity contribution in [1.82, 2.24) is 0 Å². The molecule has 14 heavy (non-hydrogen) atoms. The van der Waals surface area contributed by atoms with Crippen molar-refractivity contribution in [3.63, 3.8) is 0 Å². The smallest absolute Gasteiger partial charge is 0.195 e. The summed E-state index contributed by atoms with van der Waals surface area (Å²) in [4.78, 5) is 0. The first-order valence-electron chi connectivity index (χ1n) is 4.44. The molecule has 0 aromatic heterocycles. The van der Waals surface area contributed by atoms with Crippen molar-refractivity contribution in [2.24, 2.45) is 0 Å². The van der Waals surface area contributed by atoms with Crippen LogP contribution in [0.3, 0.4) is 0 Å². The van der Waals surface area contributed by atoms with E-state index in [2.05, 4.69) is 0 Å². The molecule has 2 fully saturated rings. The molecule has 2 heterocycles. The highest BCUT2D eigenvalue weighted by atomic mass is 16.8. The molecule has 0 aromatic rings. The third-order valence-electron chi connectivity index (χ3n) is 3.00. The molecule has 6 heteroatoms. The average Bonchev–Trinajstić information content (AvgIpc) is 2.52. The van der Waals surface area contributed by atoms with E-state index in [1.807, 2.05) is 0 Å². The molecule has 5 atom stereocenters. The Balaban J connectivity index is 2.34. The molecule has 0 aliphatic carbocycles. The van der Waals surface area contributed by atoms with Crippen LogP contribution in [0.4, 0.5) is 0 Å². The lowest BCUT2D eigenvalue weighted by atomic mass is 9.87. The summed E-state index contributed by atoms with van der Waals surface area (Å²) in [6.07, 6.45) is -4.04. The summed E-state index contributed by atoms with van der Waals surface area (Å²) in [6, 6.07) is 0. The topological polar surface area (TPSA) is 99.4 Å². The maximum atomic E-state index is 9.62. The van der Waals surface area contributed by atoms with Crippen LogP contribution in [0.25, 0.3) is 0 Å². The molecule has 2 aliphatic rings. The van der Waals surface area contributed by atoms with Crippen molar-refractivity contribution < 1.29 is 29.9 Å². The second-order valence-electron chi connectivity index (χ2n) is 4.01. The van der Waals surface area contributed by atoms with Gasteiger partial charge in [0.2, 0.25) is 0 Å². The van der Waals surface area contributed by atoms with Crippen molar-refractivity contribution in [1.29, 1.82) is 0 Å². The first-order chi connectivity index (χ1) is 6.45. The molecule has 6 nitrogen and oxygen atoms in total. The van der Waals surface area contributed by atoms with Crippen LogP contribution in [-0.4, -0.2) is 63.3 Å². The predicted molar refractivity (Wildman–Crippen MR) is 43.3 cm³/mol. The zero-order chi connectivity index (χ0) is 10.6. The van der Waals surface area contributed by atoms with E-state index >= 15 is 0 Å². The van der Waals surface area contributed by atoms with Gasteiger partial charge >= 0.3 is 0 Å². The van der Waals surface area contributed by atoms with E-state index in [4.69, 9.17) is 14.6 Å². The molecule has 2 saturated heterocycles. The van der Waals surface area contributed by atoms with Gasteiger partial charge in [0.1, 0.15) is 23.9 Å². The van der Waals surface area contributed by atoms with Gasteiger partial charge in [-0.05, 0) is 6.92 Å². The van der Waals surface area contributed by atoms with E-state index < -0.39 is 36.3 Å². The van der Waals surface area contributed by atoms with E-state index in [9.17, 15) is 15.3 Å². The maximum absolute atomic E-state index is 9.62. The molecule has 2 bridgehead atoms. The number of hydrogen-bond acceptors (Lipinski definition) is 6. The number of rotatable bonds is 1. The highest BCUT2D eigenvalue weighted by Crippen LogP contribution is 2.43. The molecule has 2 aliphatic heterocycles. The van der Waals surface area contributed by atoms with Gasteiger partial charge in [-0.3, -0.25) is 0 Å². The van der Waals surface area contributed by atoms with Gasteiger partial charge in [0.15, 0.2) is 5.79 Å². The minimum Gasteiger partial charge on any atom is -0.393 e. The number of fused-ring (bicyclic) bond motifs is 2. The Morgan fingerprint density at radius 2 is 1.93 bits per heavy atom. The Bertz CT molecular complexity index is 246. The molecule has 0 radical (unpaired) electrons. The van der Waals surface area contributed by atoms with Crippen molar-refractivity contribution in [2.45, 2.75) is 36.6 Å². The first-order valence-corrected chi connectivity index (χ1v) is 4.44. The lowest BCUT2D eigenvalue weighted by molar-refractivity contribution is -0.314. The van der Waals surface area contributed by atoms with Crippen molar-refractivity contribution in [3.8, 4) is 0 Å². The Labute approximate surface area is 80.7 Å². The van der Waals surface area contributed by atoms with Gasteiger partial charge in [-0.25, -0.2) is 0 Å². The number of aliphatic hydroxyl groups is 4. The summed E-state index contributed by atoms with van der Waals surface area (Å²) in [5.74, 6) is -1.35. The van der Waals surface area contributed by atoms with Crippen LogP contribution in [0.5, 0.6) is 0 Å². The van der Waals surface area contributed by atoms with Crippen LogP contribution in [0.15, 0.2) is 0 Å². The highest BCUT2D eigenvalue weighted by Gasteiger charge is 2.64. The molecular formula is C8H14O6. The zero-order valence-electron chi connectivity index (χ0n) is 7.75. The van der Waals surface area contributed by atoms with E-state index in [0.717, 1.165) is 0 Å². The molecule has 4 N–H and O–H groups in total. The predicted octanol–water partition coefficient (Wildman–Crippen LogP) is -2.42. The van der Waals surface area contributed by atoms with E-state index in [0.29, 0.717) is 0 Å². The zero-order valence-corrected chi connectivity index (χ0v) is 7.75. The summed E-state index contributed by atoms with van der Waals surface area (Å²) < 4.78 is 10.4. The van der Waals surface area contributed by atoms with Gasteiger partial charge in [-0.1, -0.05) is 0 Å². The fourth-order valence-electron chi connectivity index (χ4n) is 1.98. The summed E-state index contributed by atoms with van der Waals surface area (Å²) in [6.45, 7) is 0.951. The van der Waals surface area contributed by atoms with Crippen LogP contribution >= 0.6 is 0 Å². The van der Waals surface area contributed by atoms with Gasteiger partial charge in [0.25, 0.3) is 0 Å². The van der Waals surface area contributed by atoms with E-state index in [1.54, 1.807) is 0 Å². The van der Waals surface area contributed by atoms with Gasteiger partial charge < -0.3 is 29.9 Å². The van der Waals surface area contributed by atoms with Gasteiger partial charge in [0.05, 0.1) is 13.2 Å². The third kappa shape index (κ3) is 1.06. The second kappa shape index (κ2) is 2.88. The Morgan fingerprint density at radius 1 is 1.29 bits per heavy atom. The van der Waals surface area contributed by atoms with Gasteiger partial charge in [0, 0.05) is 0 Å². The van der Waals surface area contributed by atoms with E-state index in [-0.39, 0.29) is 6.61 Å². The lowest BCUT2D eigenvalue weighted by Gasteiger charge is -2.44. The number of hydrogen-bond donors (Lipinski definition) is 4. The van der Waals surface area contributed by atoms with Crippen LogP contribution in [0.1, 0.15) is 6.92 Å². The summed E-state index contributed by atoms with van der Waals surface area (Å²) in [5.41, 5.74) is -1.31. The Hall–Kier alpha value is -0.240.